The molecule has 2 aromatic carbocycles. The number of carbonyl (C=O) groups excluding carboxylic acids is 1. The summed E-state index contributed by atoms with van der Waals surface area (Å²) in [5.74, 6) is 1.13. The van der Waals surface area contributed by atoms with Gasteiger partial charge in [-0.05, 0) is 56.1 Å². The Bertz CT molecular complexity index is 994. The van der Waals surface area contributed by atoms with Gasteiger partial charge in [0.05, 0.1) is 10.9 Å². The van der Waals surface area contributed by atoms with Gasteiger partial charge in [-0.1, -0.05) is 6.07 Å². The molecule has 8 nitrogen and oxygen atoms in total. The molecule has 1 atom stereocenters. The molecule has 0 spiro atoms. The predicted molar refractivity (Wildman–Crippen MR) is 116 cm³/mol. The van der Waals surface area contributed by atoms with E-state index >= 15 is 0 Å². The van der Waals surface area contributed by atoms with Crippen molar-refractivity contribution in [1.29, 1.82) is 0 Å². The fourth-order valence-corrected chi connectivity index (χ4v) is 3.90. The molecule has 1 unspecified atom stereocenters. The van der Waals surface area contributed by atoms with Gasteiger partial charge in [-0.25, -0.2) is 12.7 Å². The van der Waals surface area contributed by atoms with E-state index in [0.717, 1.165) is 9.87 Å². The first-order chi connectivity index (χ1) is 13.7. The maximum Gasteiger partial charge on any atom is 0.251 e. The monoisotopic (exact) mass is 455 g/mol. The quantitative estimate of drug-likeness (QED) is 0.688. The summed E-state index contributed by atoms with van der Waals surface area (Å²) in [4.78, 5) is 14.7. The molecule has 0 aromatic heterocycles. The molecule has 1 amide bonds. The molecular formula is C20H26ClN3O5S. The van der Waals surface area contributed by atoms with Crippen LogP contribution in [0.25, 0.3) is 0 Å². The van der Waals surface area contributed by atoms with Crippen LogP contribution in [0.1, 0.15) is 22.0 Å². The summed E-state index contributed by atoms with van der Waals surface area (Å²) in [6.07, 6.45) is 0. The van der Waals surface area contributed by atoms with Gasteiger partial charge in [-0.3, -0.25) is 4.79 Å². The Morgan fingerprint density at radius 3 is 2.27 bits per heavy atom. The van der Waals surface area contributed by atoms with Gasteiger partial charge in [0, 0.05) is 26.2 Å². The van der Waals surface area contributed by atoms with Crippen molar-refractivity contribution in [3.63, 3.8) is 0 Å². The molecule has 164 valence electrons. The van der Waals surface area contributed by atoms with Crippen LogP contribution in [-0.4, -0.2) is 65.1 Å². The Balaban J connectivity index is 0.00000320. The SMILES string of the molecule is CN(C)C(CNC(=O)c1ccc(S(=O)(=O)N(C)C)cc1)c1ccc2c(c1)OCO2.Cl. The van der Waals surface area contributed by atoms with Crippen LogP contribution in [0.5, 0.6) is 11.5 Å². The summed E-state index contributed by atoms with van der Waals surface area (Å²) in [7, 11) is 3.27. The van der Waals surface area contributed by atoms with Gasteiger partial charge in [0.25, 0.3) is 5.91 Å². The lowest BCUT2D eigenvalue weighted by Crippen LogP contribution is -2.34. The molecule has 1 aliphatic rings. The number of likely N-dealkylation sites (N-methyl/N-ethyl adjacent to an activating group) is 1. The second-order valence-corrected chi connectivity index (χ2v) is 9.27. The molecule has 0 fully saturated rings. The van der Waals surface area contributed by atoms with Gasteiger partial charge in [-0.15, -0.1) is 12.4 Å². The third-order valence-electron chi connectivity index (χ3n) is 4.76. The van der Waals surface area contributed by atoms with Crippen LogP contribution in [0.15, 0.2) is 47.4 Å². The van der Waals surface area contributed by atoms with Crippen LogP contribution in [0.3, 0.4) is 0 Å². The Hall–Kier alpha value is -2.33. The molecule has 0 bridgehead atoms. The van der Waals surface area contributed by atoms with Crippen molar-refractivity contribution in [3.05, 3.63) is 53.6 Å². The van der Waals surface area contributed by atoms with E-state index in [1.54, 1.807) is 0 Å². The first kappa shape index (κ1) is 23.9. The first-order valence-electron chi connectivity index (χ1n) is 9.07. The number of hydrogen-bond acceptors (Lipinski definition) is 6. The zero-order valence-electron chi connectivity index (χ0n) is 17.3. The van der Waals surface area contributed by atoms with E-state index in [1.807, 2.05) is 37.2 Å². The van der Waals surface area contributed by atoms with Crippen LogP contribution in [-0.2, 0) is 10.0 Å². The summed E-state index contributed by atoms with van der Waals surface area (Å²) in [5, 5.41) is 2.92. The lowest BCUT2D eigenvalue weighted by Gasteiger charge is -2.25. The number of amides is 1. The number of nitrogens with zero attached hydrogens (tertiary/aromatic N) is 2. The molecule has 0 radical (unpaired) electrons. The van der Waals surface area contributed by atoms with Gasteiger partial charge in [0.2, 0.25) is 16.8 Å². The fourth-order valence-electron chi connectivity index (χ4n) is 3.00. The van der Waals surface area contributed by atoms with E-state index in [9.17, 15) is 13.2 Å². The smallest absolute Gasteiger partial charge is 0.251 e. The van der Waals surface area contributed by atoms with Crippen molar-refractivity contribution in [2.75, 3.05) is 41.5 Å². The maximum atomic E-state index is 12.6. The third kappa shape index (κ3) is 5.04. The Morgan fingerprint density at radius 1 is 1.03 bits per heavy atom. The lowest BCUT2D eigenvalue weighted by atomic mass is 10.0. The Labute approximate surface area is 183 Å². The van der Waals surface area contributed by atoms with Crippen molar-refractivity contribution in [3.8, 4) is 11.5 Å². The zero-order chi connectivity index (χ0) is 21.2. The molecule has 30 heavy (non-hydrogen) atoms. The predicted octanol–water partition coefficient (Wildman–Crippen LogP) is 2.12. The standard InChI is InChI=1S/C20H25N3O5S.ClH/c1-22(2)17(15-7-10-18-19(11-15)28-13-27-18)12-21-20(24)14-5-8-16(9-6-14)29(25,26)23(3)4;/h5-11,17H,12-13H2,1-4H3,(H,21,24);1H. The summed E-state index contributed by atoms with van der Waals surface area (Å²) in [5.41, 5.74) is 1.39. The number of nitrogens with one attached hydrogen (secondary N) is 1. The van der Waals surface area contributed by atoms with Gasteiger partial charge in [-0.2, -0.15) is 0 Å². The molecule has 0 aliphatic carbocycles. The Kier molecular flexibility index (Phi) is 7.70. The van der Waals surface area contributed by atoms with Gasteiger partial charge >= 0.3 is 0 Å². The average Bonchev–Trinajstić information content (AvgIpc) is 3.15. The van der Waals surface area contributed by atoms with E-state index in [0.29, 0.717) is 23.6 Å². The fraction of sp³-hybridized carbons (Fsp3) is 0.350. The van der Waals surface area contributed by atoms with Gasteiger partial charge in [0.1, 0.15) is 0 Å². The minimum Gasteiger partial charge on any atom is -0.454 e. The van der Waals surface area contributed by atoms with E-state index in [4.69, 9.17) is 9.47 Å². The summed E-state index contributed by atoms with van der Waals surface area (Å²) in [6, 6.07) is 11.6. The molecule has 2 aromatic rings. The van der Waals surface area contributed by atoms with Crippen molar-refractivity contribution >= 4 is 28.3 Å². The van der Waals surface area contributed by atoms with E-state index < -0.39 is 10.0 Å². The van der Waals surface area contributed by atoms with Crippen LogP contribution in [0.4, 0.5) is 0 Å². The maximum absolute atomic E-state index is 12.6. The molecule has 1 aliphatic heterocycles. The third-order valence-corrected chi connectivity index (χ3v) is 6.59. The average molecular weight is 456 g/mol. The summed E-state index contributed by atoms with van der Waals surface area (Å²) >= 11 is 0. The van der Waals surface area contributed by atoms with Crippen molar-refractivity contribution in [2.45, 2.75) is 10.9 Å². The van der Waals surface area contributed by atoms with Crippen LogP contribution in [0, 0.1) is 0 Å². The van der Waals surface area contributed by atoms with Gasteiger partial charge < -0.3 is 19.7 Å². The molecule has 0 saturated carbocycles. The van der Waals surface area contributed by atoms with Crippen molar-refractivity contribution < 1.29 is 22.7 Å². The summed E-state index contributed by atoms with van der Waals surface area (Å²) in [6.45, 7) is 0.588. The molecule has 10 heteroatoms. The van der Waals surface area contributed by atoms with Crippen LogP contribution in [0.2, 0.25) is 0 Å². The minimum absolute atomic E-state index is 0. The Morgan fingerprint density at radius 2 is 1.67 bits per heavy atom. The van der Waals surface area contributed by atoms with E-state index in [-0.39, 0.29) is 36.0 Å². The molecule has 1 heterocycles. The number of fused-ring (bicyclic) bond motifs is 1. The largest absolute Gasteiger partial charge is 0.454 e. The molecule has 0 saturated heterocycles. The topological polar surface area (TPSA) is 88.2 Å². The summed E-state index contributed by atoms with van der Waals surface area (Å²) < 4.78 is 36.2. The number of hydrogen-bond donors (Lipinski definition) is 1. The highest BCUT2D eigenvalue weighted by atomic mass is 35.5. The second-order valence-electron chi connectivity index (χ2n) is 7.11. The van der Waals surface area contributed by atoms with Crippen LogP contribution < -0.4 is 14.8 Å². The van der Waals surface area contributed by atoms with Gasteiger partial charge in [0.15, 0.2) is 11.5 Å². The lowest BCUT2D eigenvalue weighted by molar-refractivity contribution is 0.0942. The number of ether oxygens (including phenoxy) is 2. The highest BCUT2D eigenvalue weighted by Gasteiger charge is 2.21. The molecular weight excluding hydrogens is 430 g/mol. The van der Waals surface area contributed by atoms with Crippen LogP contribution >= 0.6 is 12.4 Å². The molecule has 1 N–H and O–H groups in total. The first-order valence-corrected chi connectivity index (χ1v) is 10.5. The van der Waals surface area contributed by atoms with E-state index in [1.165, 1.54) is 38.4 Å². The minimum atomic E-state index is -3.52. The van der Waals surface area contributed by atoms with E-state index in [2.05, 4.69) is 5.32 Å². The molecule has 3 rings (SSSR count). The number of rotatable bonds is 7. The number of halogens is 1. The highest BCUT2D eigenvalue weighted by molar-refractivity contribution is 7.89. The number of carbonyl (C=O) groups is 1. The number of benzene rings is 2. The second kappa shape index (κ2) is 9.65. The van der Waals surface area contributed by atoms with Crippen molar-refractivity contribution in [1.82, 2.24) is 14.5 Å². The zero-order valence-corrected chi connectivity index (χ0v) is 18.9. The van der Waals surface area contributed by atoms with Crippen molar-refractivity contribution in [2.24, 2.45) is 0 Å². The normalized spacial score (nSPS) is 13.8. The highest BCUT2D eigenvalue weighted by Crippen LogP contribution is 2.35. The number of sulfonamides is 1.